The fraction of sp³-hybridized carbons (Fsp3) is 0.538. The van der Waals surface area contributed by atoms with E-state index in [2.05, 4.69) is 26.0 Å². The first-order valence-electron chi connectivity index (χ1n) is 6.18. The van der Waals surface area contributed by atoms with Crippen LogP contribution in [0, 0.1) is 0 Å². The minimum Gasteiger partial charge on any atom is -0.467 e. The van der Waals surface area contributed by atoms with Crippen LogP contribution in [0.5, 0.6) is 5.75 Å². The quantitative estimate of drug-likeness (QED) is 0.534. The van der Waals surface area contributed by atoms with E-state index in [1.54, 1.807) is 19.2 Å². The Balaban J connectivity index is 2.48. The molecule has 120 valence electrons. The molecule has 1 aromatic rings. The van der Waals surface area contributed by atoms with Crippen LogP contribution in [0.2, 0.25) is 0 Å². The summed E-state index contributed by atoms with van der Waals surface area (Å²) in [5, 5.41) is 3.14. The number of halogens is 4. The van der Waals surface area contributed by atoms with Crippen LogP contribution < -0.4 is 10.1 Å². The Hall–Kier alpha value is -0.830. The van der Waals surface area contributed by atoms with Gasteiger partial charge in [0.15, 0.2) is 6.79 Å². The van der Waals surface area contributed by atoms with Gasteiger partial charge < -0.3 is 19.5 Å². The van der Waals surface area contributed by atoms with Crippen LogP contribution in [0.15, 0.2) is 22.7 Å². The molecule has 0 amide bonds. The summed E-state index contributed by atoms with van der Waals surface area (Å²) in [5.74, 6) is 0.477. The van der Waals surface area contributed by atoms with Crippen molar-refractivity contribution in [2.75, 3.05) is 33.7 Å². The maximum absolute atomic E-state index is 11.9. The highest BCUT2D eigenvalue weighted by atomic mass is 79.9. The fourth-order valence-corrected chi connectivity index (χ4v) is 1.90. The van der Waals surface area contributed by atoms with Crippen LogP contribution in [0.4, 0.5) is 13.2 Å². The first-order valence-corrected chi connectivity index (χ1v) is 6.97. The second-order valence-electron chi connectivity index (χ2n) is 4.15. The Kier molecular flexibility index (Phi) is 8.02. The SMILES string of the molecule is COCCNCc1cc(Br)ccc1OCOCC(F)(F)F. The molecule has 8 heteroatoms. The van der Waals surface area contributed by atoms with E-state index in [9.17, 15) is 13.2 Å². The molecule has 1 N–H and O–H groups in total. The summed E-state index contributed by atoms with van der Waals surface area (Å²) >= 11 is 3.34. The monoisotopic (exact) mass is 371 g/mol. The second kappa shape index (κ2) is 9.24. The maximum atomic E-state index is 11.9. The van der Waals surface area contributed by atoms with Crippen molar-refractivity contribution in [2.24, 2.45) is 0 Å². The van der Waals surface area contributed by atoms with E-state index >= 15 is 0 Å². The molecule has 21 heavy (non-hydrogen) atoms. The van der Waals surface area contributed by atoms with Gasteiger partial charge in [0.1, 0.15) is 12.4 Å². The van der Waals surface area contributed by atoms with Crippen LogP contribution in [0.25, 0.3) is 0 Å². The van der Waals surface area contributed by atoms with Crippen molar-refractivity contribution < 1.29 is 27.4 Å². The van der Waals surface area contributed by atoms with Gasteiger partial charge in [-0.05, 0) is 18.2 Å². The second-order valence-corrected chi connectivity index (χ2v) is 5.06. The molecule has 0 aliphatic heterocycles. The van der Waals surface area contributed by atoms with E-state index < -0.39 is 19.6 Å². The van der Waals surface area contributed by atoms with Gasteiger partial charge in [0.25, 0.3) is 0 Å². The largest absolute Gasteiger partial charge is 0.467 e. The van der Waals surface area contributed by atoms with Crippen molar-refractivity contribution in [3.05, 3.63) is 28.2 Å². The van der Waals surface area contributed by atoms with Crippen LogP contribution in [-0.4, -0.2) is 39.8 Å². The van der Waals surface area contributed by atoms with Gasteiger partial charge in [0.2, 0.25) is 0 Å². The van der Waals surface area contributed by atoms with Gasteiger partial charge in [0, 0.05) is 30.2 Å². The molecule has 0 unspecified atom stereocenters. The van der Waals surface area contributed by atoms with E-state index in [-0.39, 0.29) is 0 Å². The number of benzene rings is 1. The normalized spacial score (nSPS) is 11.7. The topological polar surface area (TPSA) is 39.7 Å². The molecule has 0 radical (unpaired) electrons. The zero-order valence-electron chi connectivity index (χ0n) is 11.5. The van der Waals surface area contributed by atoms with E-state index in [1.807, 2.05) is 6.07 Å². The summed E-state index contributed by atoms with van der Waals surface area (Å²) in [5.41, 5.74) is 0.816. The molecule has 0 heterocycles. The summed E-state index contributed by atoms with van der Waals surface area (Å²) in [4.78, 5) is 0. The molecule has 0 aromatic heterocycles. The van der Waals surface area contributed by atoms with Gasteiger partial charge >= 0.3 is 6.18 Å². The van der Waals surface area contributed by atoms with Crippen molar-refractivity contribution >= 4 is 15.9 Å². The lowest BCUT2D eigenvalue weighted by Crippen LogP contribution is -2.20. The number of rotatable bonds is 9. The first-order chi connectivity index (χ1) is 9.92. The van der Waals surface area contributed by atoms with Crippen LogP contribution in [0.1, 0.15) is 5.56 Å². The van der Waals surface area contributed by atoms with Crippen LogP contribution in [-0.2, 0) is 16.0 Å². The first kappa shape index (κ1) is 18.2. The van der Waals surface area contributed by atoms with E-state index in [0.29, 0.717) is 25.4 Å². The molecule has 0 aliphatic rings. The lowest BCUT2D eigenvalue weighted by molar-refractivity contribution is -0.186. The standard InChI is InChI=1S/C13H17BrF3NO3/c1-19-5-4-18-7-10-6-11(14)2-3-12(10)21-9-20-8-13(15,16)17/h2-3,6,18H,4-5,7-9H2,1H3. The summed E-state index contributed by atoms with van der Waals surface area (Å²) in [6.45, 7) is -0.0412. The maximum Gasteiger partial charge on any atom is 0.411 e. The van der Waals surface area contributed by atoms with E-state index in [4.69, 9.17) is 9.47 Å². The molecular formula is C13H17BrF3NO3. The number of ether oxygens (including phenoxy) is 3. The molecule has 0 spiro atoms. The third-order valence-corrected chi connectivity index (χ3v) is 2.88. The predicted octanol–water partition coefficient (Wildman–Crippen LogP) is 3.10. The predicted molar refractivity (Wildman–Crippen MR) is 75.2 cm³/mol. The summed E-state index contributed by atoms with van der Waals surface area (Å²) in [7, 11) is 1.60. The smallest absolute Gasteiger partial charge is 0.411 e. The number of methoxy groups -OCH3 is 1. The highest BCUT2D eigenvalue weighted by Gasteiger charge is 2.27. The molecule has 0 saturated heterocycles. The van der Waals surface area contributed by atoms with Gasteiger partial charge in [-0.2, -0.15) is 13.2 Å². The van der Waals surface area contributed by atoms with Crippen molar-refractivity contribution in [3.63, 3.8) is 0 Å². The van der Waals surface area contributed by atoms with Gasteiger partial charge in [-0.25, -0.2) is 0 Å². The molecule has 0 saturated carbocycles. The molecule has 0 bridgehead atoms. The molecule has 0 fully saturated rings. The Labute approximate surface area is 129 Å². The summed E-state index contributed by atoms with van der Waals surface area (Å²) in [6, 6.07) is 5.25. The van der Waals surface area contributed by atoms with Gasteiger partial charge in [-0.3, -0.25) is 0 Å². The molecule has 1 rings (SSSR count). The lowest BCUT2D eigenvalue weighted by atomic mass is 10.2. The third kappa shape index (κ3) is 8.25. The van der Waals surface area contributed by atoms with Gasteiger partial charge in [-0.1, -0.05) is 15.9 Å². The van der Waals surface area contributed by atoms with Crippen LogP contribution >= 0.6 is 15.9 Å². The highest BCUT2D eigenvalue weighted by Crippen LogP contribution is 2.23. The molecular weight excluding hydrogens is 355 g/mol. The fourth-order valence-electron chi connectivity index (χ4n) is 1.49. The molecule has 0 aliphatic carbocycles. The van der Waals surface area contributed by atoms with Crippen molar-refractivity contribution in [2.45, 2.75) is 12.7 Å². The van der Waals surface area contributed by atoms with E-state index in [1.165, 1.54) is 0 Å². The number of hydrogen-bond donors (Lipinski definition) is 1. The average molecular weight is 372 g/mol. The van der Waals surface area contributed by atoms with E-state index in [0.717, 1.165) is 10.0 Å². The Bertz CT molecular complexity index is 430. The number of alkyl halides is 3. The Morgan fingerprint density at radius 2 is 2.05 bits per heavy atom. The molecule has 0 atom stereocenters. The van der Waals surface area contributed by atoms with Gasteiger partial charge in [-0.15, -0.1) is 0 Å². The molecule has 4 nitrogen and oxygen atoms in total. The Morgan fingerprint density at radius 3 is 2.71 bits per heavy atom. The zero-order chi connectivity index (χ0) is 15.7. The number of hydrogen-bond acceptors (Lipinski definition) is 4. The highest BCUT2D eigenvalue weighted by molar-refractivity contribution is 9.10. The Morgan fingerprint density at radius 1 is 1.29 bits per heavy atom. The van der Waals surface area contributed by atoms with Crippen molar-refractivity contribution in [3.8, 4) is 5.75 Å². The average Bonchev–Trinajstić information content (AvgIpc) is 2.40. The van der Waals surface area contributed by atoms with Crippen molar-refractivity contribution in [1.29, 1.82) is 0 Å². The zero-order valence-corrected chi connectivity index (χ0v) is 13.1. The minimum atomic E-state index is -4.35. The summed E-state index contributed by atoms with van der Waals surface area (Å²) in [6.07, 6.45) is -4.35. The third-order valence-electron chi connectivity index (χ3n) is 2.38. The van der Waals surface area contributed by atoms with Crippen LogP contribution in [0.3, 0.4) is 0 Å². The number of nitrogens with one attached hydrogen (secondary N) is 1. The molecule has 1 aromatic carbocycles. The lowest BCUT2D eigenvalue weighted by Gasteiger charge is -2.13. The summed E-state index contributed by atoms with van der Waals surface area (Å²) < 4.78 is 51.3. The minimum absolute atomic E-state index is 0.452. The van der Waals surface area contributed by atoms with Crippen molar-refractivity contribution in [1.82, 2.24) is 5.32 Å². The van der Waals surface area contributed by atoms with Gasteiger partial charge in [0.05, 0.1) is 6.61 Å².